The van der Waals surface area contributed by atoms with E-state index in [1.54, 1.807) is 7.11 Å². The molecule has 1 amide bonds. The van der Waals surface area contributed by atoms with Crippen molar-refractivity contribution in [2.45, 2.75) is 13.0 Å². The van der Waals surface area contributed by atoms with E-state index < -0.39 is 0 Å². The number of nitrogens with zero attached hydrogens (tertiary/aromatic N) is 2. The summed E-state index contributed by atoms with van der Waals surface area (Å²) in [4.78, 5) is 17.3. The molecular weight excluding hydrogens is 386 g/mol. The number of hydrogen-bond donors (Lipinski definition) is 1. The number of nitrogens with one attached hydrogen (secondary N) is 1. The number of benzene rings is 3. The molecule has 1 aliphatic heterocycles. The molecule has 3 aromatic carbocycles. The SMILES string of the molecule is COc1ccccc1CC(=O)Nc1ccc(N2CCN(Cc3ccccc3)CC2)cc1. The predicted octanol–water partition coefficient (Wildman–Crippen LogP) is 4.20. The topological polar surface area (TPSA) is 44.8 Å². The second-order valence-electron chi connectivity index (χ2n) is 7.83. The van der Waals surface area contributed by atoms with E-state index in [-0.39, 0.29) is 12.3 Å². The van der Waals surface area contributed by atoms with Crippen LogP contribution in [0.5, 0.6) is 5.75 Å². The van der Waals surface area contributed by atoms with Gasteiger partial charge in [-0.15, -0.1) is 0 Å². The van der Waals surface area contributed by atoms with Gasteiger partial charge in [0.05, 0.1) is 13.5 Å². The van der Waals surface area contributed by atoms with Gasteiger partial charge < -0.3 is 15.0 Å². The number of piperazine rings is 1. The fraction of sp³-hybridized carbons (Fsp3) is 0.269. The van der Waals surface area contributed by atoms with E-state index in [2.05, 4.69) is 57.6 Å². The molecule has 0 radical (unpaired) electrons. The molecule has 31 heavy (non-hydrogen) atoms. The van der Waals surface area contributed by atoms with E-state index in [1.807, 2.05) is 36.4 Å². The summed E-state index contributed by atoms with van der Waals surface area (Å²) in [6.07, 6.45) is 0.287. The molecule has 4 rings (SSSR count). The maximum atomic E-state index is 12.4. The van der Waals surface area contributed by atoms with Crippen molar-refractivity contribution in [3.63, 3.8) is 0 Å². The van der Waals surface area contributed by atoms with Crippen LogP contribution in [0.25, 0.3) is 0 Å². The lowest BCUT2D eigenvalue weighted by atomic mass is 10.1. The third-order valence-corrected chi connectivity index (χ3v) is 5.68. The van der Waals surface area contributed by atoms with Crippen LogP contribution in [0.4, 0.5) is 11.4 Å². The highest BCUT2D eigenvalue weighted by Gasteiger charge is 2.17. The van der Waals surface area contributed by atoms with Crippen molar-refractivity contribution in [3.05, 3.63) is 90.0 Å². The van der Waals surface area contributed by atoms with Crippen LogP contribution in [0, 0.1) is 0 Å². The molecule has 160 valence electrons. The summed E-state index contributed by atoms with van der Waals surface area (Å²) in [5, 5.41) is 2.98. The minimum Gasteiger partial charge on any atom is -0.496 e. The summed E-state index contributed by atoms with van der Waals surface area (Å²) in [5.74, 6) is 0.686. The minimum absolute atomic E-state index is 0.0493. The Morgan fingerprint density at radius 3 is 2.26 bits per heavy atom. The van der Waals surface area contributed by atoms with Gasteiger partial charge in [-0.25, -0.2) is 0 Å². The Morgan fingerprint density at radius 1 is 0.871 bits per heavy atom. The van der Waals surface area contributed by atoms with E-state index in [0.717, 1.165) is 49.7 Å². The summed E-state index contributed by atoms with van der Waals surface area (Å²) in [5.41, 5.74) is 4.25. The van der Waals surface area contributed by atoms with Crippen LogP contribution in [-0.4, -0.2) is 44.1 Å². The lowest BCUT2D eigenvalue weighted by molar-refractivity contribution is -0.115. The van der Waals surface area contributed by atoms with Crippen molar-refractivity contribution in [1.29, 1.82) is 0 Å². The Morgan fingerprint density at radius 2 is 1.55 bits per heavy atom. The highest BCUT2D eigenvalue weighted by molar-refractivity contribution is 5.92. The largest absolute Gasteiger partial charge is 0.496 e. The van der Waals surface area contributed by atoms with Crippen molar-refractivity contribution < 1.29 is 9.53 Å². The predicted molar refractivity (Wildman–Crippen MR) is 126 cm³/mol. The number of ether oxygens (including phenoxy) is 1. The zero-order valence-corrected chi connectivity index (χ0v) is 18.0. The lowest BCUT2D eigenvalue weighted by Crippen LogP contribution is -2.45. The number of hydrogen-bond acceptors (Lipinski definition) is 4. The molecule has 1 heterocycles. The number of rotatable bonds is 7. The maximum Gasteiger partial charge on any atom is 0.228 e. The van der Waals surface area contributed by atoms with Crippen molar-refractivity contribution in [2.75, 3.05) is 43.5 Å². The average Bonchev–Trinajstić information content (AvgIpc) is 2.81. The van der Waals surface area contributed by atoms with Gasteiger partial charge in [0.2, 0.25) is 5.91 Å². The zero-order chi connectivity index (χ0) is 21.5. The monoisotopic (exact) mass is 415 g/mol. The van der Waals surface area contributed by atoms with Crippen LogP contribution < -0.4 is 15.0 Å². The van der Waals surface area contributed by atoms with Gasteiger partial charge in [0.1, 0.15) is 5.75 Å². The first-order valence-electron chi connectivity index (χ1n) is 10.7. The van der Waals surface area contributed by atoms with Gasteiger partial charge in [-0.05, 0) is 35.9 Å². The zero-order valence-electron chi connectivity index (χ0n) is 18.0. The van der Waals surface area contributed by atoms with Crippen LogP contribution in [-0.2, 0) is 17.8 Å². The summed E-state index contributed by atoms with van der Waals surface area (Å²) in [7, 11) is 1.62. The van der Waals surface area contributed by atoms with Gasteiger partial charge in [0.25, 0.3) is 0 Å². The Balaban J connectivity index is 1.28. The molecule has 0 unspecified atom stereocenters. The Kier molecular flexibility index (Phi) is 6.85. The van der Waals surface area contributed by atoms with E-state index in [0.29, 0.717) is 0 Å². The first-order valence-corrected chi connectivity index (χ1v) is 10.7. The Labute approximate surface area is 184 Å². The van der Waals surface area contributed by atoms with Crippen LogP contribution in [0.15, 0.2) is 78.9 Å². The standard InChI is InChI=1S/C26H29N3O2/c1-31-25-10-6-5-9-22(25)19-26(30)27-23-11-13-24(14-12-23)29-17-15-28(16-18-29)20-21-7-3-2-4-8-21/h2-14H,15-20H2,1H3,(H,27,30). The molecule has 0 bridgehead atoms. The third kappa shape index (κ3) is 5.64. The molecule has 0 saturated carbocycles. The molecule has 5 heteroatoms. The molecule has 0 spiro atoms. The summed E-state index contributed by atoms with van der Waals surface area (Å²) in [6.45, 7) is 5.11. The molecular formula is C26H29N3O2. The number of carbonyl (C=O) groups excluding carboxylic acids is 1. The fourth-order valence-corrected chi connectivity index (χ4v) is 3.99. The normalized spacial score (nSPS) is 14.3. The molecule has 1 fully saturated rings. The smallest absolute Gasteiger partial charge is 0.228 e. The van der Waals surface area contributed by atoms with Gasteiger partial charge >= 0.3 is 0 Å². The van der Waals surface area contributed by atoms with E-state index >= 15 is 0 Å². The number of para-hydroxylation sites is 1. The van der Waals surface area contributed by atoms with E-state index in [4.69, 9.17) is 4.74 Å². The van der Waals surface area contributed by atoms with Gasteiger partial charge in [0.15, 0.2) is 0 Å². The van der Waals surface area contributed by atoms with Gasteiger partial charge in [-0.3, -0.25) is 9.69 Å². The molecule has 0 atom stereocenters. The quantitative estimate of drug-likeness (QED) is 0.628. The molecule has 0 aromatic heterocycles. The lowest BCUT2D eigenvalue weighted by Gasteiger charge is -2.36. The average molecular weight is 416 g/mol. The minimum atomic E-state index is -0.0493. The molecule has 1 aliphatic rings. The number of anilines is 2. The second-order valence-corrected chi connectivity index (χ2v) is 7.83. The van der Waals surface area contributed by atoms with Crippen molar-refractivity contribution in [1.82, 2.24) is 4.90 Å². The summed E-state index contributed by atoms with van der Waals surface area (Å²) >= 11 is 0. The Bertz CT molecular complexity index is 981. The highest BCUT2D eigenvalue weighted by Crippen LogP contribution is 2.22. The first-order chi connectivity index (χ1) is 15.2. The maximum absolute atomic E-state index is 12.4. The van der Waals surface area contributed by atoms with Gasteiger partial charge in [-0.1, -0.05) is 48.5 Å². The van der Waals surface area contributed by atoms with Gasteiger partial charge in [0, 0.05) is 49.7 Å². The Hall–Kier alpha value is -3.31. The number of amides is 1. The third-order valence-electron chi connectivity index (χ3n) is 5.68. The molecule has 1 saturated heterocycles. The molecule has 1 N–H and O–H groups in total. The van der Waals surface area contributed by atoms with Crippen molar-refractivity contribution in [3.8, 4) is 5.75 Å². The molecule has 5 nitrogen and oxygen atoms in total. The number of methoxy groups -OCH3 is 1. The fourth-order valence-electron chi connectivity index (χ4n) is 3.99. The van der Waals surface area contributed by atoms with Crippen molar-refractivity contribution >= 4 is 17.3 Å². The van der Waals surface area contributed by atoms with E-state index in [1.165, 1.54) is 11.3 Å². The highest BCUT2D eigenvalue weighted by atomic mass is 16.5. The molecule has 0 aliphatic carbocycles. The van der Waals surface area contributed by atoms with Crippen LogP contribution in [0.1, 0.15) is 11.1 Å². The summed E-state index contributed by atoms with van der Waals surface area (Å²) in [6, 6.07) is 26.4. The second kappa shape index (κ2) is 10.1. The van der Waals surface area contributed by atoms with E-state index in [9.17, 15) is 4.79 Å². The van der Waals surface area contributed by atoms with Gasteiger partial charge in [-0.2, -0.15) is 0 Å². The van der Waals surface area contributed by atoms with Crippen LogP contribution in [0.3, 0.4) is 0 Å². The number of carbonyl (C=O) groups is 1. The summed E-state index contributed by atoms with van der Waals surface area (Å²) < 4.78 is 5.33. The van der Waals surface area contributed by atoms with Crippen LogP contribution >= 0.6 is 0 Å². The van der Waals surface area contributed by atoms with Crippen LogP contribution in [0.2, 0.25) is 0 Å². The first kappa shape index (κ1) is 20.9. The van der Waals surface area contributed by atoms with Crippen molar-refractivity contribution in [2.24, 2.45) is 0 Å². The molecule has 3 aromatic rings.